The Morgan fingerprint density at radius 2 is 1.39 bits per heavy atom. The Balaban J connectivity index is 1.40. The summed E-state index contributed by atoms with van der Waals surface area (Å²) in [5.41, 5.74) is 1.86. The van der Waals surface area contributed by atoms with E-state index in [0.29, 0.717) is 6.54 Å². The lowest BCUT2D eigenvalue weighted by Gasteiger charge is -2.31. The zero-order valence-electron chi connectivity index (χ0n) is 18.0. The van der Waals surface area contributed by atoms with Gasteiger partial charge in [-0.05, 0) is 30.9 Å². The predicted octanol–water partition coefficient (Wildman–Crippen LogP) is 3.67. The molecule has 2 fully saturated rings. The van der Waals surface area contributed by atoms with Gasteiger partial charge >= 0.3 is 0 Å². The van der Waals surface area contributed by atoms with E-state index >= 15 is 0 Å². The average Bonchev–Trinajstić information content (AvgIpc) is 3.07. The molecule has 3 amide bonds. The van der Waals surface area contributed by atoms with Gasteiger partial charge < -0.3 is 5.32 Å². The van der Waals surface area contributed by atoms with Crippen molar-refractivity contribution in [3.05, 3.63) is 71.8 Å². The van der Waals surface area contributed by atoms with Crippen LogP contribution >= 0.6 is 0 Å². The first-order valence-corrected chi connectivity index (χ1v) is 11.2. The van der Waals surface area contributed by atoms with Gasteiger partial charge in [0, 0.05) is 24.9 Å². The van der Waals surface area contributed by atoms with E-state index in [9.17, 15) is 14.4 Å². The molecule has 0 aromatic heterocycles. The predicted molar refractivity (Wildman–Crippen MR) is 119 cm³/mol. The van der Waals surface area contributed by atoms with Gasteiger partial charge in [-0.3, -0.25) is 19.3 Å². The molecular formula is C26H30N2O3. The Bertz CT molecular complexity index is 878. The molecule has 1 aliphatic carbocycles. The SMILES string of the molecule is CC(CNC(=O)CCN1C(=O)C2CCCCC2C1=O)(c1ccccc1)c1ccccc1. The molecule has 5 nitrogen and oxygen atoms in total. The van der Waals surface area contributed by atoms with E-state index in [1.165, 1.54) is 4.90 Å². The molecule has 0 bridgehead atoms. The highest BCUT2D eigenvalue weighted by Gasteiger charge is 2.47. The van der Waals surface area contributed by atoms with Crippen molar-refractivity contribution < 1.29 is 14.4 Å². The molecule has 2 aliphatic rings. The van der Waals surface area contributed by atoms with Gasteiger partial charge in [-0.2, -0.15) is 0 Å². The Kier molecular flexibility index (Phi) is 6.21. The van der Waals surface area contributed by atoms with Gasteiger partial charge in [0.1, 0.15) is 0 Å². The molecule has 0 spiro atoms. The summed E-state index contributed by atoms with van der Waals surface area (Å²) in [4.78, 5) is 39.3. The Morgan fingerprint density at radius 1 is 0.903 bits per heavy atom. The minimum Gasteiger partial charge on any atom is -0.355 e. The minimum atomic E-state index is -0.383. The lowest BCUT2D eigenvalue weighted by molar-refractivity contribution is -0.140. The van der Waals surface area contributed by atoms with Crippen LogP contribution in [0.5, 0.6) is 0 Å². The van der Waals surface area contributed by atoms with Gasteiger partial charge in [-0.1, -0.05) is 73.5 Å². The van der Waals surface area contributed by atoms with Crippen LogP contribution in [0, 0.1) is 11.8 Å². The van der Waals surface area contributed by atoms with Crippen LogP contribution in [-0.2, 0) is 19.8 Å². The number of carbonyl (C=O) groups excluding carboxylic acids is 3. The summed E-state index contributed by atoms with van der Waals surface area (Å²) in [6.45, 7) is 2.73. The molecule has 1 saturated heterocycles. The van der Waals surface area contributed by atoms with E-state index < -0.39 is 0 Å². The molecule has 162 valence electrons. The summed E-state index contributed by atoms with van der Waals surface area (Å²) >= 11 is 0. The Morgan fingerprint density at radius 3 is 1.87 bits per heavy atom. The normalized spacial score (nSPS) is 21.1. The highest BCUT2D eigenvalue weighted by atomic mass is 16.2. The maximum Gasteiger partial charge on any atom is 0.233 e. The van der Waals surface area contributed by atoms with Gasteiger partial charge in [0.25, 0.3) is 0 Å². The number of hydrogen-bond acceptors (Lipinski definition) is 3. The summed E-state index contributed by atoms with van der Waals surface area (Å²) in [7, 11) is 0. The molecule has 2 aromatic carbocycles. The van der Waals surface area contributed by atoms with E-state index in [2.05, 4.69) is 36.5 Å². The van der Waals surface area contributed by atoms with E-state index in [1.54, 1.807) is 0 Å². The molecule has 1 heterocycles. The van der Waals surface area contributed by atoms with Crippen LogP contribution in [0.4, 0.5) is 0 Å². The second-order valence-electron chi connectivity index (χ2n) is 8.92. The average molecular weight is 419 g/mol. The Hall–Kier alpha value is -2.95. The number of hydrogen-bond donors (Lipinski definition) is 1. The number of carbonyl (C=O) groups is 3. The van der Waals surface area contributed by atoms with Crippen LogP contribution in [-0.4, -0.2) is 35.7 Å². The van der Waals surface area contributed by atoms with Crippen LogP contribution in [0.3, 0.4) is 0 Å². The molecule has 4 rings (SSSR count). The van der Waals surface area contributed by atoms with Crippen molar-refractivity contribution in [2.75, 3.05) is 13.1 Å². The van der Waals surface area contributed by atoms with E-state index in [-0.39, 0.29) is 47.9 Å². The Labute approximate surface area is 183 Å². The smallest absolute Gasteiger partial charge is 0.233 e. The summed E-state index contributed by atoms with van der Waals surface area (Å²) in [5.74, 6) is -0.636. The van der Waals surface area contributed by atoms with Crippen LogP contribution < -0.4 is 5.32 Å². The third-order valence-electron chi connectivity index (χ3n) is 6.96. The molecule has 1 aliphatic heterocycles. The summed E-state index contributed by atoms with van der Waals surface area (Å²) < 4.78 is 0. The molecule has 5 heteroatoms. The maximum atomic E-state index is 12.7. The van der Waals surface area contributed by atoms with Crippen molar-refractivity contribution in [1.82, 2.24) is 10.2 Å². The third-order valence-corrected chi connectivity index (χ3v) is 6.96. The molecule has 2 atom stereocenters. The molecular weight excluding hydrogens is 388 g/mol. The van der Waals surface area contributed by atoms with Crippen LogP contribution in [0.15, 0.2) is 60.7 Å². The van der Waals surface area contributed by atoms with E-state index in [1.807, 2.05) is 36.4 Å². The number of nitrogens with one attached hydrogen (secondary N) is 1. The highest BCUT2D eigenvalue weighted by Crippen LogP contribution is 2.38. The minimum absolute atomic E-state index is 0.0825. The second-order valence-corrected chi connectivity index (χ2v) is 8.92. The van der Waals surface area contributed by atoms with Gasteiger partial charge in [-0.25, -0.2) is 0 Å². The number of rotatable bonds is 7. The monoisotopic (exact) mass is 418 g/mol. The lowest BCUT2D eigenvalue weighted by Crippen LogP contribution is -2.41. The highest BCUT2D eigenvalue weighted by molar-refractivity contribution is 6.05. The number of benzene rings is 2. The van der Waals surface area contributed by atoms with Crippen LogP contribution in [0.1, 0.15) is 50.2 Å². The van der Waals surface area contributed by atoms with Crippen molar-refractivity contribution >= 4 is 17.7 Å². The third kappa shape index (κ3) is 4.27. The maximum absolute atomic E-state index is 12.7. The fourth-order valence-electron chi connectivity index (χ4n) is 5.01. The van der Waals surface area contributed by atoms with Crippen LogP contribution in [0.25, 0.3) is 0 Å². The van der Waals surface area contributed by atoms with Gasteiger partial charge in [0.15, 0.2) is 0 Å². The largest absolute Gasteiger partial charge is 0.355 e. The molecule has 2 unspecified atom stereocenters. The number of likely N-dealkylation sites (tertiary alicyclic amines) is 1. The topological polar surface area (TPSA) is 66.5 Å². The number of nitrogens with zero attached hydrogens (tertiary/aromatic N) is 1. The second kappa shape index (κ2) is 9.04. The zero-order valence-corrected chi connectivity index (χ0v) is 18.0. The molecule has 0 radical (unpaired) electrons. The van der Waals surface area contributed by atoms with E-state index in [0.717, 1.165) is 36.8 Å². The zero-order chi connectivity index (χ0) is 21.8. The van der Waals surface area contributed by atoms with Gasteiger partial charge in [0.05, 0.1) is 11.8 Å². The fraction of sp³-hybridized carbons (Fsp3) is 0.423. The first kappa shape index (κ1) is 21.3. The molecule has 1 saturated carbocycles. The number of amides is 3. The summed E-state index contributed by atoms with van der Waals surface area (Å²) in [6, 6.07) is 20.3. The van der Waals surface area contributed by atoms with Crippen molar-refractivity contribution in [2.45, 2.75) is 44.4 Å². The number of imide groups is 1. The van der Waals surface area contributed by atoms with Crippen molar-refractivity contribution in [2.24, 2.45) is 11.8 Å². The van der Waals surface area contributed by atoms with Crippen molar-refractivity contribution in [1.29, 1.82) is 0 Å². The van der Waals surface area contributed by atoms with E-state index in [4.69, 9.17) is 0 Å². The van der Waals surface area contributed by atoms with Gasteiger partial charge in [-0.15, -0.1) is 0 Å². The quantitative estimate of drug-likeness (QED) is 0.698. The van der Waals surface area contributed by atoms with Crippen LogP contribution in [0.2, 0.25) is 0 Å². The summed E-state index contributed by atoms with van der Waals surface area (Å²) in [5, 5.41) is 3.05. The number of fused-ring (bicyclic) bond motifs is 1. The van der Waals surface area contributed by atoms with Crippen molar-refractivity contribution in [3.8, 4) is 0 Å². The molecule has 2 aromatic rings. The summed E-state index contributed by atoms with van der Waals surface area (Å²) in [6.07, 6.45) is 3.74. The van der Waals surface area contributed by atoms with Crippen molar-refractivity contribution in [3.63, 3.8) is 0 Å². The van der Waals surface area contributed by atoms with Gasteiger partial charge in [0.2, 0.25) is 17.7 Å². The standard InChI is InChI=1S/C26H30N2O3/c1-26(19-10-4-2-5-11-19,20-12-6-3-7-13-20)18-27-23(29)16-17-28-24(30)21-14-8-9-15-22(21)25(28)31/h2-7,10-13,21-22H,8-9,14-18H2,1H3,(H,27,29). The first-order chi connectivity index (χ1) is 15.0. The fourth-order valence-corrected chi connectivity index (χ4v) is 5.01. The molecule has 31 heavy (non-hydrogen) atoms. The lowest BCUT2D eigenvalue weighted by atomic mass is 9.76. The molecule has 1 N–H and O–H groups in total. The first-order valence-electron chi connectivity index (χ1n) is 11.2.